The van der Waals surface area contributed by atoms with Gasteiger partial charge in [-0.05, 0) is 43.3 Å². The quantitative estimate of drug-likeness (QED) is 0.488. The Morgan fingerprint density at radius 1 is 0.882 bits per heavy atom. The third-order valence-corrected chi connectivity index (χ3v) is 7.49. The number of ether oxygens (including phenoxy) is 1. The number of nitrogens with one attached hydrogen (secondary N) is 1. The molecule has 0 radical (unpaired) electrons. The largest absolute Gasteiger partial charge is 0.416 e. The predicted octanol–water partition coefficient (Wildman–Crippen LogP) is 4.55. The zero-order valence-electron chi connectivity index (χ0n) is 19.6. The molecule has 1 N–H and O–H groups in total. The minimum Gasteiger partial charge on any atom is -0.383 e. The van der Waals surface area contributed by atoms with E-state index >= 15 is 0 Å². The summed E-state index contributed by atoms with van der Waals surface area (Å²) in [4.78, 5) is 8.97. The van der Waals surface area contributed by atoms with E-state index in [4.69, 9.17) is 4.74 Å². The molecule has 2 heterocycles. The molecule has 0 aliphatic carbocycles. The molecule has 0 atom stereocenters. The number of para-hydroxylation sites is 1. The van der Waals surface area contributed by atoms with Crippen LogP contribution in [0.3, 0.4) is 0 Å². The second kappa shape index (κ2) is 11.8. The van der Waals surface area contributed by atoms with E-state index in [2.05, 4.69) is 20.0 Å². The van der Waals surface area contributed by atoms with Gasteiger partial charge in [-0.3, -0.25) is 4.90 Å². The maximum absolute atomic E-state index is 13.4. The van der Waals surface area contributed by atoms with Crippen LogP contribution in [-0.2, 0) is 10.9 Å². The number of anilines is 2. The van der Waals surface area contributed by atoms with Crippen LogP contribution < -0.4 is 10.2 Å². The van der Waals surface area contributed by atoms with Gasteiger partial charge in [-0.2, -0.15) is 13.2 Å². The van der Waals surface area contributed by atoms with Crippen molar-refractivity contribution in [2.45, 2.75) is 22.4 Å². The molecule has 2 aliphatic rings. The summed E-state index contributed by atoms with van der Waals surface area (Å²) in [6, 6.07) is 12.1. The molecule has 0 unspecified atom stereocenters. The highest BCUT2D eigenvalue weighted by Crippen LogP contribution is 2.49. The SMILES string of the molecule is COCCNCCN1CCN(CCCN2c3ccccc3Sc3ccc(C(F)(F)F)cc32)CC1. The van der Waals surface area contributed by atoms with Crippen LogP contribution in [0.25, 0.3) is 0 Å². The molecule has 1 saturated heterocycles. The molecule has 2 aromatic carbocycles. The summed E-state index contributed by atoms with van der Waals surface area (Å²) in [6.07, 6.45) is -3.45. The Hall–Kier alpha value is -1.78. The lowest BCUT2D eigenvalue weighted by Crippen LogP contribution is -2.48. The van der Waals surface area contributed by atoms with E-state index < -0.39 is 11.7 Å². The van der Waals surface area contributed by atoms with Gasteiger partial charge in [0, 0.05) is 69.3 Å². The van der Waals surface area contributed by atoms with Crippen LogP contribution in [0.5, 0.6) is 0 Å². The van der Waals surface area contributed by atoms with Crippen molar-refractivity contribution in [3.05, 3.63) is 48.0 Å². The third kappa shape index (κ3) is 6.46. The fourth-order valence-corrected chi connectivity index (χ4v) is 5.55. The summed E-state index contributed by atoms with van der Waals surface area (Å²) < 4.78 is 45.2. The molecule has 0 aromatic heterocycles. The average molecular weight is 495 g/mol. The number of alkyl halides is 3. The summed E-state index contributed by atoms with van der Waals surface area (Å²) in [7, 11) is 1.71. The Morgan fingerprint density at radius 2 is 1.59 bits per heavy atom. The normalized spacial score (nSPS) is 17.0. The van der Waals surface area contributed by atoms with Crippen LogP contribution in [-0.4, -0.2) is 82.4 Å². The van der Waals surface area contributed by atoms with Crippen molar-refractivity contribution in [2.75, 3.05) is 77.5 Å². The molecular weight excluding hydrogens is 461 g/mol. The molecule has 9 heteroatoms. The minimum absolute atomic E-state index is 0.593. The number of hydrogen-bond acceptors (Lipinski definition) is 6. The minimum atomic E-state index is -4.35. The van der Waals surface area contributed by atoms with E-state index in [1.54, 1.807) is 24.9 Å². The number of nitrogens with zero attached hydrogens (tertiary/aromatic N) is 3. The van der Waals surface area contributed by atoms with Crippen LogP contribution in [0.1, 0.15) is 12.0 Å². The highest BCUT2D eigenvalue weighted by atomic mass is 32.2. The van der Waals surface area contributed by atoms with E-state index in [0.29, 0.717) is 12.2 Å². The Kier molecular flexibility index (Phi) is 8.76. The molecule has 4 rings (SSSR count). The molecule has 0 bridgehead atoms. The van der Waals surface area contributed by atoms with Crippen molar-refractivity contribution in [3.8, 4) is 0 Å². The van der Waals surface area contributed by atoms with Crippen molar-refractivity contribution in [1.82, 2.24) is 15.1 Å². The molecule has 0 saturated carbocycles. The highest BCUT2D eigenvalue weighted by Gasteiger charge is 2.33. The number of rotatable bonds is 10. The molecule has 1 fully saturated rings. The molecule has 5 nitrogen and oxygen atoms in total. The Balaban J connectivity index is 1.32. The van der Waals surface area contributed by atoms with Crippen molar-refractivity contribution < 1.29 is 17.9 Å². The number of benzene rings is 2. The Bertz CT molecular complexity index is 935. The number of piperazine rings is 1. The van der Waals surface area contributed by atoms with Crippen LogP contribution in [0.4, 0.5) is 24.5 Å². The van der Waals surface area contributed by atoms with Gasteiger partial charge in [0.05, 0.1) is 23.5 Å². The second-order valence-electron chi connectivity index (χ2n) is 8.68. The van der Waals surface area contributed by atoms with Gasteiger partial charge in [-0.25, -0.2) is 0 Å². The first-order chi connectivity index (χ1) is 16.5. The van der Waals surface area contributed by atoms with Gasteiger partial charge in [-0.1, -0.05) is 23.9 Å². The summed E-state index contributed by atoms with van der Waals surface area (Å²) in [5, 5.41) is 3.39. The van der Waals surface area contributed by atoms with Crippen LogP contribution >= 0.6 is 11.8 Å². The number of hydrogen-bond donors (Lipinski definition) is 1. The van der Waals surface area contributed by atoms with Crippen LogP contribution in [0, 0.1) is 0 Å². The van der Waals surface area contributed by atoms with Gasteiger partial charge < -0.3 is 19.9 Å². The summed E-state index contributed by atoms with van der Waals surface area (Å²) in [5.41, 5.74) is 1.05. The molecule has 2 aromatic rings. The van der Waals surface area contributed by atoms with Gasteiger partial charge >= 0.3 is 6.18 Å². The first-order valence-electron chi connectivity index (χ1n) is 11.9. The fraction of sp³-hybridized carbons (Fsp3) is 0.520. The Morgan fingerprint density at radius 3 is 2.32 bits per heavy atom. The van der Waals surface area contributed by atoms with Crippen molar-refractivity contribution in [3.63, 3.8) is 0 Å². The predicted molar refractivity (Wildman–Crippen MR) is 131 cm³/mol. The first kappa shape index (κ1) is 25.3. The lowest BCUT2D eigenvalue weighted by Gasteiger charge is -2.36. The molecular formula is C25H33F3N4OS. The summed E-state index contributed by atoms with van der Waals surface area (Å²) in [6.45, 7) is 9.40. The number of methoxy groups -OCH3 is 1. The second-order valence-corrected chi connectivity index (χ2v) is 9.77. The first-order valence-corrected chi connectivity index (χ1v) is 12.7. The maximum atomic E-state index is 13.4. The molecule has 0 amide bonds. The van der Waals surface area contributed by atoms with Gasteiger partial charge in [0.25, 0.3) is 0 Å². The number of fused-ring (bicyclic) bond motifs is 2. The lowest BCUT2D eigenvalue weighted by atomic mass is 10.1. The van der Waals surface area contributed by atoms with Crippen LogP contribution in [0.2, 0.25) is 0 Å². The van der Waals surface area contributed by atoms with E-state index in [0.717, 1.165) is 80.9 Å². The van der Waals surface area contributed by atoms with E-state index in [9.17, 15) is 13.2 Å². The topological polar surface area (TPSA) is 31.0 Å². The smallest absolute Gasteiger partial charge is 0.383 e. The maximum Gasteiger partial charge on any atom is 0.416 e. The molecule has 186 valence electrons. The van der Waals surface area contributed by atoms with E-state index in [1.165, 1.54) is 12.1 Å². The third-order valence-electron chi connectivity index (χ3n) is 6.36. The Labute approximate surface area is 204 Å². The number of halogens is 3. The molecule has 0 spiro atoms. The summed E-state index contributed by atoms with van der Waals surface area (Å²) in [5.74, 6) is 0. The lowest BCUT2D eigenvalue weighted by molar-refractivity contribution is -0.137. The van der Waals surface area contributed by atoms with Gasteiger partial charge in [-0.15, -0.1) is 0 Å². The van der Waals surface area contributed by atoms with E-state index in [-0.39, 0.29) is 0 Å². The average Bonchev–Trinajstić information content (AvgIpc) is 2.83. The van der Waals surface area contributed by atoms with Crippen molar-refractivity contribution in [1.29, 1.82) is 0 Å². The fourth-order valence-electron chi connectivity index (χ4n) is 4.47. The molecule has 2 aliphatic heterocycles. The van der Waals surface area contributed by atoms with Crippen molar-refractivity contribution in [2.24, 2.45) is 0 Å². The van der Waals surface area contributed by atoms with Gasteiger partial charge in [0.1, 0.15) is 0 Å². The monoisotopic (exact) mass is 494 g/mol. The molecule has 34 heavy (non-hydrogen) atoms. The zero-order valence-corrected chi connectivity index (χ0v) is 20.4. The van der Waals surface area contributed by atoms with Crippen molar-refractivity contribution >= 4 is 23.1 Å². The van der Waals surface area contributed by atoms with Gasteiger partial charge in [0.2, 0.25) is 0 Å². The standard InChI is InChI=1S/C25H33F3N4OS/c1-33-18-10-29-9-13-31-16-14-30(15-17-31)11-4-12-32-21-5-2-3-6-23(21)34-24-8-7-20(19-22(24)32)25(26,27)28/h2-3,5-8,19,29H,4,9-18H2,1H3. The highest BCUT2D eigenvalue weighted by molar-refractivity contribution is 7.99. The van der Waals surface area contributed by atoms with E-state index in [1.807, 2.05) is 24.3 Å². The zero-order chi connectivity index (χ0) is 24.0. The van der Waals surface area contributed by atoms with Crippen LogP contribution in [0.15, 0.2) is 52.3 Å². The summed E-state index contributed by atoms with van der Waals surface area (Å²) >= 11 is 1.54. The van der Waals surface area contributed by atoms with Gasteiger partial charge in [0.15, 0.2) is 0 Å².